The summed E-state index contributed by atoms with van der Waals surface area (Å²) in [7, 11) is 0. The zero-order valence-electron chi connectivity index (χ0n) is 13.0. The third kappa shape index (κ3) is 4.07. The number of aliphatic hydroxyl groups is 1. The lowest BCUT2D eigenvalue weighted by Crippen LogP contribution is -2.41. The Hall–Kier alpha value is -0.860. The van der Waals surface area contributed by atoms with E-state index in [4.69, 9.17) is 0 Å². The van der Waals surface area contributed by atoms with Crippen LogP contribution in [0.5, 0.6) is 0 Å². The second kappa shape index (κ2) is 7.80. The molecule has 0 aromatic heterocycles. The minimum Gasteiger partial charge on any atom is -0.387 e. The van der Waals surface area contributed by atoms with Crippen LogP contribution in [0.4, 0.5) is 0 Å². The maximum atomic E-state index is 10.5. The second-order valence-corrected chi connectivity index (χ2v) is 6.04. The molecule has 1 heterocycles. The average Bonchev–Trinajstić information content (AvgIpc) is 2.49. The van der Waals surface area contributed by atoms with Crippen molar-refractivity contribution in [3.63, 3.8) is 0 Å². The molecule has 1 fully saturated rings. The smallest absolute Gasteiger partial charge is 0.0917 e. The first-order valence-electron chi connectivity index (χ1n) is 8.25. The fourth-order valence-electron chi connectivity index (χ4n) is 3.26. The van der Waals surface area contributed by atoms with Crippen molar-refractivity contribution in [1.29, 1.82) is 0 Å². The maximum Gasteiger partial charge on any atom is 0.0917 e. The number of rotatable bonds is 6. The summed E-state index contributed by atoms with van der Waals surface area (Å²) < 4.78 is 0. The van der Waals surface area contributed by atoms with E-state index in [1.54, 1.807) is 0 Å². The van der Waals surface area contributed by atoms with Crippen LogP contribution in [0.2, 0.25) is 0 Å². The predicted octanol–water partition coefficient (Wildman–Crippen LogP) is 3.94. The standard InChI is InChI=1S/C18H29NO/c1-3-7-17-8-5-6-13-19(17)14-18(20)16-11-9-15(4-2)10-12-16/h9-12,17-18,20H,3-8,13-14H2,1-2H3. The zero-order valence-corrected chi connectivity index (χ0v) is 13.0. The Morgan fingerprint density at radius 2 is 1.95 bits per heavy atom. The van der Waals surface area contributed by atoms with E-state index < -0.39 is 0 Å². The van der Waals surface area contributed by atoms with Crippen LogP contribution >= 0.6 is 0 Å². The summed E-state index contributed by atoms with van der Waals surface area (Å²) in [6.07, 6.45) is 7.14. The van der Waals surface area contributed by atoms with Gasteiger partial charge in [-0.05, 0) is 43.4 Å². The molecular formula is C18H29NO. The lowest BCUT2D eigenvalue weighted by Gasteiger charge is -2.37. The van der Waals surface area contributed by atoms with E-state index in [0.29, 0.717) is 6.04 Å². The summed E-state index contributed by atoms with van der Waals surface area (Å²) in [6.45, 7) is 6.35. The third-order valence-corrected chi connectivity index (χ3v) is 4.55. The van der Waals surface area contributed by atoms with Crippen LogP contribution in [0.3, 0.4) is 0 Å². The molecule has 112 valence electrons. The molecule has 1 aromatic carbocycles. The molecule has 1 aliphatic heterocycles. The van der Waals surface area contributed by atoms with Gasteiger partial charge in [-0.3, -0.25) is 4.90 Å². The van der Waals surface area contributed by atoms with Crippen LogP contribution in [0.15, 0.2) is 24.3 Å². The quantitative estimate of drug-likeness (QED) is 0.850. The summed E-state index contributed by atoms with van der Waals surface area (Å²) >= 11 is 0. The van der Waals surface area contributed by atoms with E-state index in [1.165, 1.54) is 37.7 Å². The molecule has 2 nitrogen and oxygen atoms in total. The molecular weight excluding hydrogens is 246 g/mol. The fraction of sp³-hybridized carbons (Fsp3) is 0.667. The minimum atomic E-state index is -0.349. The second-order valence-electron chi connectivity index (χ2n) is 6.04. The van der Waals surface area contributed by atoms with Crippen molar-refractivity contribution in [3.8, 4) is 0 Å². The summed E-state index contributed by atoms with van der Waals surface area (Å²) in [4.78, 5) is 2.51. The number of hydrogen-bond donors (Lipinski definition) is 1. The van der Waals surface area contributed by atoms with E-state index in [9.17, 15) is 5.11 Å². The van der Waals surface area contributed by atoms with Gasteiger partial charge in [0.05, 0.1) is 6.10 Å². The van der Waals surface area contributed by atoms with Crippen LogP contribution < -0.4 is 0 Å². The van der Waals surface area contributed by atoms with E-state index in [1.807, 2.05) is 0 Å². The summed E-state index contributed by atoms with van der Waals surface area (Å²) in [5.41, 5.74) is 2.39. The molecule has 0 aliphatic carbocycles. The molecule has 0 radical (unpaired) electrons. The highest BCUT2D eigenvalue weighted by atomic mass is 16.3. The molecule has 0 spiro atoms. The molecule has 2 unspecified atom stereocenters. The highest BCUT2D eigenvalue weighted by molar-refractivity contribution is 5.24. The summed E-state index contributed by atoms with van der Waals surface area (Å²) in [5, 5.41) is 10.5. The van der Waals surface area contributed by atoms with Crippen LogP contribution in [-0.2, 0) is 6.42 Å². The maximum absolute atomic E-state index is 10.5. The number of aliphatic hydroxyl groups excluding tert-OH is 1. The minimum absolute atomic E-state index is 0.349. The Labute approximate surface area is 123 Å². The molecule has 2 heteroatoms. The molecule has 1 N–H and O–H groups in total. The molecule has 0 saturated carbocycles. The molecule has 0 amide bonds. The van der Waals surface area contributed by atoms with Gasteiger partial charge in [-0.15, -0.1) is 0 Å². The van der Waals surface area contributed by atoms with Crippen molar-refractivity contribution < 1.29 is 5.11 Å². The van der Waals surface area contributed by atoms with Crippen LogP contribution in [0.25, 0.3) is 0 Å². The third-order valence-electron chi connectivity index (χ3n) is 4.55. The van der Waals surface area contributed by atoms with E-state index in [-0.39, 0.29) is 6.10 Å². The summed E-state index contributed by atoms with van der Waals surface area (Å²) in [5.74, 6) is 0. The zero-order chi connectivity index (χ0) is 14.4. The molecule has 2 rings (SSSR count). The van der Waals surface area contributed by atoms with Gasteiger partial charge in [-0.1, -0.05) is 51.0 Å². The fourth-order valence-corrected chi connectivity index (χ4v) is 3.26. The number of β-amino-alcohol motifs (C(OH)–C–C–N with tert-alkyl or cyclic N) is 1. The van der Waals surface area contributed by atoms with Crippen molar-refractivity contribution in [3.05, 3.63) is 35.4 Å². The highest BCUT2D eigenvalue weighted by Gasteiger charge is 2.23. The van der Waals surface area contributed by atoms with Gasteiger partial charge >= 0.3 is 0 Å². The topological polar surface area (TPSA) is 23.5 Å². The van der Waals surface area contributed by atoms with Crippen LogP contribution in [0.1, 0.15) is 63.2 Å². The van der Waals surface area contributed by atoms with Crippen molar-refractivity contribution in [2.45, 2.75) is 64.5 Å². The number of piperidine rings is 1. The molecule has 1 aromatic rings. The van der Waals surface area contributed by atoms with Gasteiger partial charge in [-0.25, -0.2) is 0 Å². The van der Waals surface area contributed by atoms with Gasteiger partial charge in [0.15, 0.2) is 0 Å². The lowest BCUT2D eigenvalue weighted by atomic mass is 9.97. The van der Waals surface area contributed by atoms with Gasteiger partial charge in [0.2, 0.25) is 0 Å². The normalized spacial score (nSPS) is 21.9. The number of benzene rings is 1. The number of aryl methyl sites for hydroxylation is 1. The van der Waals surface area contributed by atoms with E-state index in [2.05, 4.69) is 43.0 Å². The van der Waals surface area contributed by atoms with Gasteiger partial charge in [0.1, 0.15) is 0 Å². The molecule has 1 aliphatic rings. The van der Waals surface area contributed by atoms with Gasteiger partial charge in [-0.2, -0.15) is 0 Å². The Morgan fingerprint density at radius 3 is 2.60 bits per heavy atom. The van der Waals surface area contributed by atoms with Crippen LogP contribution in [0, 0.1) is 0 Å². The van der Waals surface area contributed by atoms with Gasteiger partial charge < -0.3 is 5.11 Å². The van der Waals surface area contributed by atoms with Crippen molar-refractivity contribution in [1.82, 2.24) is 4.90 Å². The van der Waals surface area contributed by atoms with Crippen molar-refractivity contribution in [2.75, 3.05) is 13.1 Å². The van der Waals surface area contributed by atoms with Gasteiger partial charge in [0.25, 0.3) is 0 Å². The lowest BCUT2D eigenvalue weighted by molar-refractivity contribution is 0.0635. The predicted molar refractivity (Wildman–Crippen MR) is 84.9 cm³/mol. The van der Waals surface area contributed by atoms with Crippen molar-refractivity contribution in [2.24, 2.45) is 0 Å². The Kier molecular flexibility index (Phi) is 6.06. The van der Waals surface area contributed by atoms with Gasteiger partial charge in [0, 0.05) is 12.6 Å². The number of nitrogens with zero attached hydrogens (tertiary/aromatic N) is 1. The molecule has 0 bridgehead atoms. The first-order chi connectivity index (χ1) is 9.74. The summed E-state index contributed by atoms with van der Waals surface area (Å²) in [6, 6.07) is 9.12. The monoisotopic (exact) mass is 275 g/mol. The first-order valence-corrected chi connectivity index (χ1v) is 8.25. The Balaban J connectivity index is 1.95. The Morgan fingerprint density at radius 1 is 1.20 bits per heavy atom. The van der Waals surface area contributed by atoms with Crippen LogP contribution in [-0.4, -0.2) is 29.1 Å². The molecule has 20 heavy (non-hydrogen) atoms. The highest BCUT2D eigenvalue weighted by Crippen LogP contribution is 2.24. The van der Waals surface area contributed by atoms with E-state index in [0.717, 1.165) is 25.1 Å². The SMILES string of the molecule is CCCC1CCCCN1CC(O)c1ccc(CC)cc1. The Bertz CT molecular complexity index is 385. The largest absolute Gasteiger partial charge is 0.387 e. The molecule has 1 saturated heterocycles. The average molecular weight is 275 g/mol. The van der Waals surface area contributed by atoms with E-state index >= 15 is 0 Å². The molecule has 2 atom stereocenters. The first kappa shape index (κ1) is 15.5. The number of likely N-dealkylation sites (tertiary alicyclic amines) is 1. The number of hydrogen-bond acceptors (Lipinski definition) is 2. The van der Waals surface area contributed by atoms with Crippen molar-refractivity contribution >= 4 is 0 Å².